The molecule has 0 fully saturated rings. The number of carbonyl (C=O) groups is 2. The smallest absolute Gasteiger partial charge is 0.346 e. The Bertz CT molecular complexity index is 907. The number of rotatable bonds is 5. The van der Waals surface area contributed by atoms with Crippen LogP contribution in [-0.4, -0.2) is 39.9 Å². The van der Waals surface area contributed by atoms with Crippen molar-refractivity contribution in [2.24, 2.45) is 0 Å². The zero-order valence-corrected chi connectivity index (χ0v) is 14.3. The van der Waals surface area contributed by atoms with Gasteiger partial charge < -0.3 is 9.47 Å². The van der Waals surface area contributed by atoms with Crippen molar-refractivity contribution < 1.29 is 19.1 Å². The van der Waals surface area contributed by atoms with Gasteiger partial charge in [-0.3, -0.25) is 4.98 Å². The number of esters is 2. The van der Waals surface area contributed by atoms with Crippen LogP contribution in [0.4, 0.5) is 0 Å². The van der Waals surface area contributed by atoms with Crippen LogP contribution in [0.5, 0.6) is 0 Å². The topological polar surface area (TPSA) is 83.3 Å². The number of pyridine rings is 1. The van der Waals surface area contributed by atoms with Crippen molar-refractivity contribution in [2.75, 3.05) is 7.11 Å². The first kappa shape index (κ1) is 17.3. The zero-order valence-electron chi connectivity index (χ0n) is 14.3. The molecule has 0 saturated heterocycles. The lowest BCUT2D eigenvalue weighted by Crippen LogP contribution is -2.25. The van der Waals surface area contributed by atoms with Crippen LogP contribution in [0.25, 0.3) is 16.9 Å². The average molecular weight is 351 g/mol. The minimum Gasteiger partial charge on any atom is -0.466 e. The lowest BCUT2D eigenvalue weighted by molar-refractivity contribution is -0.149. The van der Waals surface area contributed by atoms with Crippen molar-refractivity contribution in [3.05, 3.63) is 66.6 Å². The van der Waals surface area contributed by atoms with Gasteiger partial charge in [0.2, 0.25) is 0 Å². The number of nitrogens with zero attached hydrogens (tertiary/aromatic N) is 3. The van der Waals surface area contributed by atoms with E-state index in [4.69, 9.17) is 4.74 Å². The highest BCUT2D eigenvalue weighted by Crippen LogP contribution is 2.24. The molecule has 7 nitrogen and oxygen atoms in total. The second kappa shape index (κ2) is 7.60. The molecule has 0 spiro atoms. The average Bonchev–Trinajstić information content (AvgIpc) is 3.14. The van der Waals surface area contributed by atoms with E-state index in [0.717, 1.165) is 5.69 Å². The molecule has 0 bridgehead atoms. The van der Waals surface area contributed by atoms with E-state index in [-0.39, 0.29) is 5.56 Å². The first-order chi connectivity index (χ1) is 12.6. The zero-order chi connectivity index (χ0) is 18.5. The maximum atomic E-state index is 12.6. The second-order valence-electron chi connectivity index (χ2n) is 5.48. The molecule has 3 aromatic rings. The minimum atomic E-state index is -1.02. The van der Waals surface area contributed by atoms with Crippen LogP contribution in [0, 0.1) is 0 Å². The Balaban J connectivity index is 2.01. The van der Waals surface area contributed by atoms with Crippen molar-refractivity contribution in [1.82, 2.24) is 14.8 Å². The van der Waals surface area contributed by atoms with Gasteiger partial charge in [-0.05, 0) is 31.2 Å². The van der Waals surface area contributed by atoms with E-state index < -0.39 is 18.0 Å². The summed E-state index contributed by atoms with van der Waals surface area (Å²) >= 11 is 0. The molecule has 1 atom stereocenters. The molecule has 0 aliphatic rings. The molecule has 0 aliphatic carbocycles. The predicted octanol–water partition coefficient (Wildman–Crippen LogP) is 2.65. The third-order valence-corrected chi connectivity index (χ3v) is 3.71. The Morgan fingerprint density at radius 1 is 1.12 bits per heavy atom. The van der Waals surface area contributed by atoms with Gasteiger partial charge >= 0.3 is 11.9 Å². The number of aromatic nitrogens is 3. The normalized spacial score (nSPS) is 11.6. The lowest BCUT2D eigenvalue weighted by atomic mass is 10.1. The van der Waals surface area contributed by atoms with Crippen LogP contribution in [0.15, 0.2) is 61.1 Å². The largest absolute Gasteiger partial charge is 0.466 e. The summed E-state index contributed by atoms with van der Waals surface area (Å²) in [7, 11) is 1.24. The Hall–Kier alpha value is -3.48. The van der Waals surface area contributed by atoms with E-state index >= 15 is 0 Å². The molecule has 0 N–H and O–H groups in total. The molecule has 3 rings (SSSR count). The molecule has 0 unspecified atom stereocenters. The van der Waals surface area contributed by atoms with Crippen LogP contribution in [0.1, 0.15) is 17.3 Å². The highest BCUT2D eigenvalue weighted by atomic mass is 16.6. The highest BCUT2D eigenvalue weighted by Gasteiger charge is 2.24. The Labute approximate surface area is 150 Å². The van der Waals surface area contributed by atoms with E-state index in [9.17, 15) is 9.59 Å². The van der Waals surface area contributed by atoms with Crippen LogP contribution < -0.4 is 0 Å². The Morgan fingerprint density at radius 3 is 2.54 bits per heavy atom. The van der Waals surface area contributed by atoms with Crippen LogP contribution in [-0.2, 0) is 14.3 Å². The van der Waals surface area contributed by atoms with Gasteiger partial charge in [-0.1, -0.05) is 18.2 Å². The van der Waals surface area contributed by atoms with E-state index in [1.807, 2.05) is 30.3 Å². The van der Waals surface area contributed by atoms with Gasteiger partial charge in [-0.2, -0.15) is 5.10 Å². The minimum absolute atomic E-state index is 0.234. The van der Waals surface area contributed by atoms with Crippen LogP contribution >= 0.6 is 0 Å². The van der Waals surface area contributed by atoms with Gasteiger partial charge in [0.1, 0.15) is 11.3 Å². The maximum Gasteiger partial charge on any atom is 0.346 e. The fourth-order valence-corrected chi connectivity index (χ4v) is 2.39. The number of hydrogen-bond donors (Lipinski definition) is 0. The monoisotopic (exact) mass is 351 g/mol. The molecule has 132 valence electrons. The fraction of sp³-hybridized carbons (Fsp3) is 0.158. The number of carbonyl (C=O) groups excluding carboxylic acids is 2. The van der Waals surface area contributed by atoms with Gasteiger partial charge in [0, 0.05) is 24.2 Å². The summed E-state index contributed by atoms with van der Waals surface area (Å²) in [6.07, 6.45) is 3.80. The third-order valence-electron chi connectivity index (χ3n) is 3.71. The van der Waals surface area contributed by atoms with Crippen molar-refractivity contribution >= 4 is 11.9 Å². The fourth-order valence-electron chi connectivity index (χ4n) is 2.39. The van der Waals surface area contributed by atoms with E-state index in [2.05, 4.69) is 14.8 Å². The number of methoxy groups -OCH3 is 1. The molecule has 1 aromatic carbocycles. The van der Waals surface area contributed by atoms with Crippen LogP contribution in [0.3, 0.4) is 0 Å². The number of para-hydroxylation sites is 1. The van der Waals surface area contributed by atoms with E-state index in [0.29, 0.717) is 11.3 Å². The Kier molecular flexibility index (Phi) is 5.07. The second-order valence-corrected chi connectivity index (χ2v) is 5.48. The summed E-state index contributed by atoms with van der Waals surface area (Å²) in [5.41, 5.74) is 2.11. The first-order valence-electron chi connectivity index (χ1n) is 7.94. The first-order valence-corrected chi connectivity index (χ1v) is 7.94. The van der Waals surface area contributed by atoms with E-state index in [1.54, 1.807) is 35.4 Å². The van der Waals surface area contributed by atoms with Crippen molar-refractivity contribution in [1.29, 1.82) is 0 Å². The maximum absolute atomic E-state index is 12.6. The summed E-state index contributed by atoms with van der Waals surface area (Å²) in [5.74, 6) is -1.29. The van der Waals surface area contributed by atoms with Crippen molar-refractivity contribution in [3.63, 3.8) is 0 Å². The lowest BCUT2D eigenvalue weighted by Gasteiger charge is -2.10. The molecule has 0 saturated carbocycles. The van der Waals surface area contributed by atoms with Gasteiger partial charge in [0.15, 0.2) is 6.10 Å². The number of hydrogen-bond acceptors (Lipinski definition) is 6. The molecular weight excluding hydrogens is 334 g/mol. The summed E-state index contributed by atoms with van der Waals surface area (Å²) in [6.45, 7) is 1.45. The number of ether oxygens (including phenoxy) is 2. The molecule has 0 amide bonds. The molecule has 0 aliphatic heterocycles. The molecule has 2 aromatic heterocycles. The predicted molar refractivity (Wildman–Crippen MR) is 93.7 cm³/mol. The number of benzene rings is 1. The summed E-state index contributed by atoms with van der Waals surface area (Å²) in [6, 6.07) is 12.9. The molecule has 0 radical (unpaired) electrons. The van der Waals surface area contributed by atoms with Crippen LogP contribution in [0.2, 0.25) is 0 Å². The molecule has 2 heterocycles. The van der Waals surface area contributed by atoms with E-state index in [1.165, 1.54) is 14.0 Å². The third kappa shape index (κ3) is 3.61. The Morgan fingerprint density at radius 2 is 1.88 bits per heavy atom. The quantitative estimate of drug-likeness (QED) is 0.657. The molecule has 26 heavy (non-hydrogen) atoms. The van der Waals surface area contributed by atoms with Gasteiger partial charge in [0.25, 0.3) is 0 Å². The summed E-state index contributed by atoms with van der Waals surface area (Å²) < 4.78 is 11.4. The summed E-state index contributed by atoms with van der Waals surface area (Å²) in [5, 5.41) is 4.50. The van der Waals surface area contributed by atoms with Crippen molar-refractivity contribution in [2.45, 2.75) is 13.0 Å². The SMILES string of the molecule is COC(=O)[C@H](C)OC(=O)c1cn(-c2ccccc2)nc1-c1cccnc1. The van der Waals surface area contributed by atoms with Crippen molar-refractivity contribution in [3.8, 4) is 16.9 Å². The van der Waals surface area contributed by atoms with Gasteiger partial charge in [0.05, 0.1) is 12.8 Å². The molecular formula is C19H17N3O4. The standard InChI is InChI=1S/C19H17N3O4/c1-13(18(23)25-2)26-19(24)16-12-22(15-8-4-3-5-9-15)21-17(16)14-7-6-10-20-11-14/h3-13H,1-2H3/t13-/m0/s1. The molecule has 7 heteroatoms. The van der Waals surface area contributed by atoms with Gasteiger partial charge in [-0.25, -0.2) is 14.3 Å². The summed E-state index contributed by atoms with van der Waals surface area (Å²) in [4.78, 5) is 28.2. The highest BCUT2D eigenvalue weighted by molar-refractivity contribution is 5.97. The van der Waals surface area contributed by atoms with Gasteiger partial charge in [-0.15, -0.1) is 0 Å².